The first kappa shape index (κ1) is 14.2. The van der Waals surface area contributed by atoms with E-state index in [0.29, 0.717) is 19.6 Å². The second-order valence-electron chi connectivity index (χ2n) is 5.21. The maximum Gasteiger partial charge on any atom is 0.391 e. The molecule has 1 aliphatic rings. The Balaban J connectivity index is 1.90. The van der Waals surface area contributed by atoms with Crippen LogP contribution in [0.3, 0.4) is 0 Å². The fourth-order valence-electron chi connectivity index (χ4n) is 2.49. The zero-order valence-electron chi connectivity index (χ0n) is 10.9. The van der Waals surface area contributed by atoms with Crippen molar-refractivity contribution in [2.75, 3.05) is 13.1 Å². The van der Waals surface area contributed by atoms with Gasteiger partial charge in [0.15, 0.2) is 0 Å². The second-order valence-corrected chi connectivity index (χ2v) is 5.21. The van der Waals surface area contributed by atoms with E-state index in [2.05, 4.69) is 0 Å². The molecule has 0 radical (unpaired) electrons. The van der Waals surface area contributed by atoms with Crippen LogP contribution in [0.5, 0.6) is 5.75 Å². The summed E-state index contributed by atoms with van der Waals surface area (Å²) in [6.45, 7) is 3.41. The van der Waals surface area contributed by atoms with Gasteiger partial charge in [-0.25, -0.2) is 0 Å². The normalized spacial score (nSPS) is 18.7. The molecule has 0 atom stereocenters. The lowest BCUT2D eigenvalue weighted by Gasteiger charge is -2.32. The smallest absolute Gasteiger partial charge is 0.391 e. The number of nitrogens with zero attached hydrogens (tertiary/aromatic N) is 1. The number of phenolic OH excluding ortho intramolecular Hbond substituents is 1. The number of benzene rings is 1. The van der Waals surface area contributed by atoms with Gasteiger partial charge in [-0.1, -0.05) is 12.1 Å². The van der Waals surface area contributed by atoms with Gasteiger partial charge in [-0.3, -0.25) is 4.90 Å². The molecule has 1 aromatic rings. The van der Waals surface area contributed by atoms with E-state index in [-0.39, 0.29) is 18.6 Å². The van der Waals surface area contributed by atoms with Crippen molar-refractivity contribution in [1.29, 1.82) is 0 Å². The number of aromatic hydroxyl groups is 1. The summed E-state index contributed by atoms with van der Waals surface area (Å²) in [4.78, 5) is 2.04. The summed E-state index contributed by atoms with van der Waals surface area (Å²) in [5.74, 6) is -0.898. The molecule has 2 rings (SSSR count). The number of piperidine rings is 1. The third-order valence-electron chi connectivity index (χ3n) is 3.72. The zero-order chi connectivity index (χ0) is 14.0. The third kappa shape index (κ3) is 3.62. The van der Waals surface area contributed by atoms with Crippen LogP contribution in [0.4, 0.5) is 13.2 Å². The second kappa shape index (κ2) is 5.41. The molecule has 1 N–H and O–H groups in total. The number of rotatable bonds is 2. The van der Waals surface area contributed by atoms with Crippen molar-refractivity contribution in [3.63, 3.8) is 0 Å². The third-order valence-corrected chi connectivity index (χ3v) is 3.72. The predicted octanol–water partition coefficient (Wildman–Crippen LogP) is 3.47. The molecule has 0 bridgehead atoms. The highest BCUT2D eigenvalue weighted by Gasteiger charge is 2.40. The monoisotopic (exact) mass is 273 g/mol. The molecule has 1 fully saturated rings. The van der Waals surface area contributed by atoms with E-state index in [1.807, 2.05) is 24.0 Å². The Hall–Kier alpha value is -1.23. The van der Waals surface area contributed by atoms with Crippen molar-refractivity contribution in [3.8, 4) is 5.75 Å². The van der Waals surface area contributed by atoms with Gasteiger partial charge in [0.05, 0.1) is 5.92 Å². The Bertz CT molecular complexity index is 437. The number of likely N-dealkylation sites (tertiary alicyclic amines) is 1. The largest absolute Gasteiger partial charge is 0.508 e. The Morgan fingerprint density at radius 1 is 1.26 bits per heavy atom. The van der Waals surface area contributed by atoms with Crippen LogP contribution in [-0.2, 0) is 6.54 Å². The highest BCUT2D eigenvalue weighted by Crippen LogP contribution is 2.34. The molecule has 0 aromatic heterocycles. The molecule has 1 aliphatic heterocycles. The summed E-state index contributed by atoms with van der Waals surface area (Å²) in [6.07, 6.45) is -3.69. The minimum absolute atomic E-state index is 0.181. The minimum Gasteiger partial charge on any atom is -0.508 e. The van der Waals surface area contributed by atoms with E-state index in [1.54, 1.807) is 6.07 Å². The van der Waals surface area contributed by atoms with Crippen LogP contribution < -0.4 is 0 Å². The summed E-state index contributed by atoms with van der Waals surface area (Å²) < 4.78 is 37.6. The molecule has 1 aromatic carbocycles. The highest BCUT2D eigenvalue weighted by atomic mass is 19.4. The van der Waals surface area contributed by atoms with Gasteiger partial charge in [-0.2, -0.15) is 13.2 Å². The van der Waals surface area contributed by atoms with Gasteiger partial charge in [0.2, 0.25) is 0 Å². The molecule has 0 aliphatic carbocycles. The summed E-state index contributed by atoms with van der Waals surface area (Å²) in [5, 5.41) is 9.44. The molecule has 1 saturated heterocycles. The minimum atomic E-state index is -4.05. The number of phenols is 1. The van der Waals surface area contributed by atoms with E-state index in [9.17, 15) is 18.3 Å². The Kier molecular flexibility index (Phi) is 4.04. The van der Waals surface area contributed by atoms with Crippen molar-refractivity contribution < 1.29 is 18.3 Å². The topological polar surface area (TPSA) is 23.5 Å². The number of hydrogen-bond acceptors (Lipinski definition) is 2. The molecule has 0 unspecified atom stereocenters. The average molecular weight is 273 g/mol. The van der Waals surface area contributed by atoms with Gasteiger partial charge >= 0.3 is 6.18 Å². The fraction of sp³-hybridized carbons (Fsp3) is 0.571. The van der Waals surface area contributed by atoms with Crippen LogP contribution in [0, 0.1) is 12.8 Å². The van der Waals surface area contributed by atoms with Gasteiger partial charge < -0.3 is 5.11 Å². The predicted molar refractivity (Wildman–Crippen MR) is 66.9 cm³/mol. The highest BCUT2D eigenvalue weighted by molar-refractivity contribution is 5.34. The van der Waals surface area contributed by atoms with Crippen LogP contribution >= 0.6 is 0 Å². The van der Waals surface area contributed by atoms with E-state index in [4.69, 9.17) is 0 Å². The number of aryl methyl sites for hydroxylation is 1. The van der Waals surface area contributed by atoms with Gasteiger partial charge in [-0.05, 0) is 50.0 Å². The number of hydrogen-bond donors (Lipinski definition) is 1. The Morgan fingerprint density at radius 2 is 1.89 bits per heavy atom. The van der Waals surface area contributed by atoms with Crippen molar-refractivity contribution >= 4 is 0 Å². The van der Waals surface area contributed by atoms with Crippen LogP contribution in [0.25, 0.3) is 0 Å². The lowest BCUT2D eigenvalue weighted by atomic mass is 9.96. The van der Waals surface area contributed by atoms with Crippen molar-refractivity contribution in [2.24, 2.45) is 5.92 Å². The molecule has 1 heterocycles. The quantitative estimate of drug-likeness (QED) is 0.891. The molecule has 0 amide bonds. The standard InChI is InChI=1S/C14H18F3NO/c1-10-8-11(2-3-13(10)19)9-18-6-4-12(5-7-18)14(15,16)17/h2-3,8,12,19H,4-7,9H2,1H3. The van der Waals surface area contributed by atoms with Gasteiger partial charge in [0.1, 0.15) is 5.75 Å². The van der Waals surface area contributed by atoms with Crippen LogP contribution in [0.2, 0.25) is 0 Å². The first-order valence-corrected chi connectivity index (χ1v) is 6.44. The average Bonchev–Trinajstić information content (AvgIpc) is 2.33. The van der Waals surface area contributed by atoms with Gasteiger partial charge in [0, 0.05) is 6.54 Å². The lowest BCUT2D eigenvalue weighted by Crippen LogP contribution is -2.38. The van der Waals surface area contributed by atoms with E-state index >= 15 is 0 Å². The van der Waals surface area contributed by atoms with E-state index in [1.165, 1.54) is 0 Å². The Labute approximate surface area is 110 Å². The molecule has 2 nitrogen and oxygen atoms in total. The van der Waals surface area contributed by atoms with Gasteiger partial charge in [-0.15, -0.1) is 0 Å². The number of alkyl halides is 3. The van der Waals surface area contributed by atoms with Crippen LogP contribution in [0.15, 0.2) is 18.2 Å². The summed E-state index contributed by atoms with van der Waals surface area (Å²) >= 11 is 0. The molecule has 19 heavy (non-hydrogen) atoms. The summed E-state index contributed by atoms with van der Waals surface area (Å²) in [5.41, 5.74) is 1.82. The molecular weight excluding hydrogens is 255 g/mol. The Morgan fingerprint density at radius 3 is 2.42 bits per heavy atom. The molecule has 106 valence electrons. The van der Waals surface area contributed by atoms with Crippen molar-refractivity contribution in [3.05, 3.63) is 29.3 Å². The van der Waals surface area contributed by atoms with Crippen LogP contribution in [0.1, 0.15) is 24.0 Å². The maximum absolute atomic E-state index is 12.5. The molecule has 0 spiro atoms. The van der Waals surface area contributed by atoms with Crippen molar-refractivity contribution in [2.45, 2.75) is 32.5 Å². The van der Waals surface area contributed by atoms with Crippen molar-refractivity contribution in [1.82, 2.24) is 4.90 Å². The first-order valence-electron chi connectivity index (χ1n) is 6.44. The zero-order valence-corrected chi connectivity index (χ0v) is 10.9. The lowest BCUT2D eigenvalue weighted by molar-refractivity contribution is -0.185. The summed E-state index contributed by atoms with van der Waals surface area (Å²) in [6, 6.07) is 5.33. The van der Waals surface area contributed by atoms with Gasteiger partial charge in [0.25, 0.3) is 0 Å². The number of halogens is 3. The molecular formula is C14H18F3NO. The van der Waals surface area contributed by atoms with E-state index in [0.717, 1.165) is 11.1 Å². The first-order chi connectivity index (χ1) is 8.86. The SMILES string of the molecule is Cc1cc(CN2CCC(C(F)(F)F)CC2)ccc1O. The van der Waals surface area contributed by atoms with Crippen LogP contribution in [-0.4, -0.2) is 29.3 Å². The maximum atomic E-state index is 12.5. The molecule has 5 heteroatoms. The fourth-order valence-corrected chi connectivity index (χ4v) is 2.49. The van der Waals surface area contributed by atoms with E-state index < -0.39 is 12.1 Å². The summed E-state index contributed by atoms with van der Waals surface area (Å²) in [7, 11) is 0. The molecule has 0 saturated carbocycles.